The van der Waals surface area contributed by atoms with E-state index in [0.29, 0.717) is 46.6 Å². The first kappa shape index (κ1) is 31.0. The average Bonchev–Trinajstić information content (AvgIpc) is 2.80. The summed E-state index contributed by atoms with van der Waals surface area (Å²) < 4.78 is 41.7. The van der Waals surface area contributed by atoms with Gasteiger partial charge in [-0.2, -0.15) is 18.2 Å². The van der Waals surface area contributed by atoms with Crippen molar-refractivity contribution in [3.63, 3.8) is 0 Å². The number of alkyl halides is 3. The minimum atomic E-state index is -4.75. The Morgan fingerprint density at radius 1 is 1.25 bits per heavy atom. The lowest BCUT2D eigenvalue weighted by molar-refractivity contribution is -0.141. The molecule has 4 rings (SSSR count). The van der Waals surface area contributed by atoms with Gasteiger partial charge in [-0.15, -0.1) is 0 Å². The minimum Gasteiger partial charge on any atom is -0.512 e. The lowest BCUT2D eigenvalue weighted by Crippen LogP contribution is -2.55. The zero-order valence-corrected chi connectivity index (χ0v) is 25.3. The molecule has 2 fully saturated rings. The molecule has 2 N–H and O–H groups in total. The maximum Gasteiger partial charge on any atom is 0.435 e. The first-order valence-electron chi connectivity index (χ1n) is 13.3. The number of hydrogen-bond donors (Lipinski definition) is 2. The molecule has 1 saturated carbocycles. The van der Waals surface area contributed by atoms with Gasteiger partial charge in [-0.3, -0.25) is 0 Å². The smallest absolute Gasteiger partial charge is 0.435 e. The molecule has 2 unspecified atom stereocenters. The van der Waals surface area contributed by atoms with E-state index in [2.05, 4.69) is 40.7 Å². The molecule has 1 aromatic heterocycles. The quantitative estimate of drug-likeness (QED) is 0.261. The fourth-order valence-electron chi connectivity index (χ4n) is 5.63. The summed E-state index contributed by atoms with van der Waals surface area (Å²) in [6.07, 6.45) is -2.08. The predicted octanol–water partition coefficient (Wildman–Crippen LogP) is 8.26. The van der Waals surface area contributed by atoms with Crippen LogP contribution in [0, 0.1) is 17.3 Å². The fraction of sp³-hybridized carbons (Fsp3) is 0.571. The molecule has 12 heteroatoms. The number of nitrogens with one attached hydrogen (secondary N) is 1. The molecule has 0 bridgehead atoms. The van der Waals surface area contributed by atoms with Crippen LogP contribution < -0.4 is 10.2 Å². The van der Waals surface area contributed by atoms with E-state index in [1.54, 1.807) is 30.0 Å². The number of aliphatic hydroxyl groups is 1. The summed E-state index contributed by atoms with van der Waals surface area (Å²) in [5.41, 5.74) is -0.757. The van der Waals surface area contributed by atoms with Crippen molar-refractivity contribution in [3.05, 3.63) is 56.9 Å². The number of aromatic nitrogens is 2. The van der Waals surface area contributed by atoms with Gasteiger partial charge in [0, 0.05) is 41.1 Å². The third-order valence-electron chi connectivity index (χ3n) is 8.49. The molecule has 1 aliphatic carbocycles. The van der Waals surface area contributed by atoms with E-state index in [9.17, 15) is 18.3 Å². The molecular weight excluding hydrogens is 586 g/mol. The van der Waals surface area contributed by atoms with E-state index < -0.39 is 22.9 Å². The Morgan fingerprint density at radius 3 is 2.45 bits per heavy atom. The predicted molar refractivity (Wildman–Crippen MR) is 156 cm³/mol. The number of aliphatic hydroxyl groups excluding tert-OH is 1. The molecule has 0 radical (unpaired) electrons. The van der Waals surface area contributed by atoms with Crippen LogP contribution in [-0.2, 0) is 6.18 Å². The lowest BCUT2D eigenvalue weighted by atomic mass is 9.65. The number of anilines is 2. The van der Waals surface area contributed by atoms with Gasteiger partial charge in [0.25, 0.3) is 0 Å². The third-order valence-corrected chi connectivity index (χ3v) is 9.41. The van der Waals surface area contributed by atoms with Gasteiger partial charge in [0.15, 0.2) is 11.5 Å². The Balaban J connectivity index is 1.46. The van der Waals surface area contributed by atoms with Crippen LogP contribution >= 0.6 is 34.8 Å². The Hall–Kier alpha value is -1.94. The fourth-order valence-corrected chi connectivity index (χ4v) is 6.45. The second-order valence-corrected chi connectivity index (χ2v) is 12.6. The summed E-state index contributed by atoms with van der Waals surface area (Å²) in [6.45, 7) is 11.6. The van der Waals surface area contributed by atoms with Crippen LogP contribution in [0.2, 0.25) is 15.1 Å². The number of hydrogen-bond acceptors (Lipinski definition) is 6. The van der Waals surface area contributed by atoms with Crippen molar-refractivity contribution in [1.29, 1.82) is 0 Å². The second-order valence-electron chi connectivity index (χ2n) is 11.4. The normalized spacial score (nSPS) is 23.0. The third kappa shape index (κ3) is 6.42. The highest BCUT2D eigenvalue weighted by Gasteiger charge is 2.46. The summed E-state index contributed by atoms with van der Waals surface area (Å²) >= 11 is 18.5. The van der Waals surface area contributed by atoms with Crippen LogP contribution in [0.25, 0.3) is 0 Å². The zero-order chi connectivity index (χ0) is 29.6. The van der Waals surface area contributed by atoms with Gasteiger partial charge >= 0.3 is 6.18 Å². The molecule has 2 heterocycles. The molecule has 1 aliphatic heterocycles. The first-order valence-corrected chi connectivity index (χ1v) is 14.5. The van der Waals surface area contributed by atoms with Gasteiger partial charge in [-0.1, -0.05) is 67.7 Å². The Bertz CT molecular complexity index is 1250. The summed E-state index contributed by atoms with van der Waals surface area (Å²) in [5.74, 6) is 0.781. The van der Waals surface area contributed by atoms with E-state index in [-0.39, 0.29) is 22.9 Å². The van der Waals surface area contributed by atoms with Crippen molar-refractivity contribution in [2.45, 2.75) is 58.3 Å². The van der Waals surface area contributed by atoms with E-state index in [1.807, 2.05) is 6.92 Å². The van der Waals surface area contributed by atoms with Crippen LogP contribution in [0.3, 0.4) is 0 Å². The van der Waals surface area contributed by atoms with Crippen LogP contribution in [-0.4, -0.2) is 52.7 Å². The van der Waals surface area contributed by atoms with E-state index in [0.717, 1.165) is 25.8 Å². The van der Waals surface area contributed by atoms with Gasteiger partial charge in [0.2, 0.25) is 5.95 Å². The summed E-state index contributed by atoms with van der Waals surface area (Å²) in [4.78, 5) is 12.3. The molecule has 0 spiro atoms. The summed E-state index contributed by atoms with van der Waals surface area (Å²) in [5, 5.41) is 13.1. The molecule has 40 heavy (non-hydrogen) atoms. The summed E-state index contributed by atoms with van der Waals surface area (Å²) in [6, 6.07) is 4.81. The average molecular weight is 621 g/mol. The first-order chi connectivity index (χ1) is 18.6. The van der Waals surface area contributed by atoms with Gasteiger partial charge in [0.1, 0.15) is 5.02 Å². The van der Waals surface area contributed by atoms with Crippen LogP contribution in [0.1, 0.15) is 57.3 Å². The molecule has 1 saturated heterocycles. The highest BCUT2D eigenvalue weighted by molar-refractivity contribution is 6.35. The van der Waals surface area contributed by atoms with Gasteiger partial charge in [-0.05, 0) is 56.3 Å². The highest BCUT2D eigenvalue weighted by atomic mass is 35.5. The SMILES string of the molecule is C=C(O)C1(C)CC(N(C)CC(CC)C2CN(c3nc(NC(C)c4ccc(Cl)cc4Cl)c(Cl)c(C(F)(F)F)n3)C2)C1. The Labute approximate surface area is 248 Å². The molecule has 2 aromatic rings. The Morgan fingerprint density at radius 2 is 1.90 bits per heavy atom. The van der Waals surface area contributed by atoms with Crippen molar-refractivity contribution in [2.24, 2.45) is 17.3 Å². The lowest BCUT2D eigenvalue weighted by Gasteiger charge is -2.50. The van der Waals surface area contributed by atoms with Crippen molar-refractivity contribution in [1.82, 2.24) is 14.9 Å². The number of nitrogens with zero attached hydrogens (tertiary/aromatic N) is 4. The van der Waals surface area contributed by atoms with E-state index >= 15 is 0 Å². The molecule has 2 atom stereocenters. The van der Waals surface area contributed by atoms with E-state index in [4.69, 9.17) is 34.8 Å². The van der Waals surface area contributed by atoms with Gasteiger partial charge in [-0.25, -0.2) is 4.98 Å². The second kappa shape index (κ2) is 11.7. The molecule has 6 nitrogen and oxygen atoms in total. The summed E-state index contributed by atoms with van der Waals surface area (Å²) in [7, 11) is 2.09. The van der Waals surface area contributed by atoms with Crippen molar-refractivity contribution < 1.29 is 18.3 Å². The monoisotopic (exact) mass is 619 g/mol. The molecular formula is C28H35Cl3F3N5O. The van der Waals surface area contributed by atoms with Gasteiger partial charge < -0.3 is 20.2 Å². The molecule has 1 aromatic carbocycles. The van der Waals surface area contributed by atoms with Crippen molar-refractivity contribution in [3.8, 4) is 0 Å². The zero-order valence-electron chi connectivity index (χ0n) is 23.0. The van der Waals surface area contributed by atoms with Crippen molar-refractivity contribution in [2.75, 3.05) is 36.9 Å². The highest BCUT2D eigenvalue weighted by Crippen LogP contribution is 2.47. The van der Waals surface area contributed by atoms with E-state index in [1.165, 1.54) is 0 Å². The van der Waals surface area contributed by atoms with Crippen LogP contribution in [0.15, 0.2) is 30.5 Å². The standard InChI is InChI=1S/C28H35Cl3F3N5O/c1-6-17(12-38(5)20-10-27(4,11-20)16(3)40)18-13-39(14-18)26-36-24(28(32,33)34)23(31)25(37-26)35-15(2)21-8-7-19(29)9-22(21)30/h7-9,15,17-18,20,40H,3,6,10-14H2,1-2,4-5H3,(H,35,36,37). The number of benzene rings is 1. The molecule has 220 valence electrons. The maximum absolute atomic E-state index is 13.9. The molecule has 0 amide bonds. The number of halogens is 6. The maximum atomic E-state index is 13.9. The number of rotatable bonds is 10. The minimum absolute atomic E-state index is 0.00990. The largest absolute Gasteiger partial charge is 0.512 e. The van der Waals surface area contributed by atoms with Crippen LogP contribution in [0.4, 0.5) is 24.9 Å². The topological polar surface area (TPSA) is 64.5 Å². The van der Waals surface area contributed by atoms with Crippen molar-refractivity contribution >= 4 is 46.6 Å². The molecule has 2 aliphatic rings. The van der Waals surface area contributed by atoms with Gasteiger partial charge in [0.05, 0.1) is 11.8 Å². The van der Waals surface area contributed by atoms with Crippen LogP contribution in [0.5, 0.6) is 0 Å². The Kier molecular flexibility index (Phi) is 9.10. The number of allylic oxidation sites excluding steroid dienone is 1.